The van der Waals surface area contributed by atoms with Crippen molar-refractivity contribution in [2.75, 3.05) is 0 Å². The van der Waals surface area contributed by atoms with Crippen LogP contribution in [0.5, 0.6) is 0 Å². The monoisotopic (exact) mass is 393 g/mol. The third kappa shape index (κ3) is 8.82. The summed E-state index contributed by atoms with van der Waals surface area (Å²) in [5.41, 5.74) is 0. The van der Waals surface area contributed by atoms with Crippen molar-refractivity contribution in [2.45, 2.75) is 0 Å². The van der Waals surface area contributed by atoms with E-state index in [0.29, 0.717) is 0 Å². The Hall–Kier alpha value is 2.56. The zero-order valence-corrected chi connectivity index (χ0v) is 10.6. The molecule has 0 saturated carbocycles. The maximum Gasteiger partial charge on any atom is 0 e. The molecule has 0 nitrogen and oxygen atoms in total. The molecule has 0 atom stereocenters. The van der Waals surface area contributed by atoms with Crippen LogP contribution >= 0.6 is 0 Å². The predicted molar refractivity (Wildman–Crippen MR) is 5.75 cm³/mol. The van der Waals surface area contributed by atoms with Gasteiger partial charge in [-0.15, -0.1) is 0 Å². The van der Waals surface area contributed by atoms with Gasteiger partial charge in [-0.1, -0.05) is 0 Å². The van der Waals surface area contributed by atoms with Crippen LogP contribution < -0.4 is 0 Å². The van der Waals surface area contributed by atoms with E-state index in [-0.39, 0.29) is 80.3 Å². The normalized spacial score (nSPS) is 0. The van der Waals surface area contributed by atoms with E-state index in [0.717, 1.165) is 0 Å². The molecule has 0 aromatic heterocycles. The van der Waals surface area contributed by atoms with Crippen LogP contribution in [0.4, 0.5) is 0 Å². The molecule has 4 heteroatoms. The molecule has 0 rings (SSSR count). The van der Waals surface area contributed by atoms with Crippen LogP contribution in [-0.4, -0.2) is 27.3 Å². The van der Waals surface area contributed by atoms with Gasteiger partial charge in [-0.25, -0.2) is 0 Å². The van der Waals surface area contributed by atoms with Crippen molar-refractivity contribution in [1.29, 1.82) is 0 Å². The Labute approximate surface area is 79.2 Å². The molecule has 0 amide bonds. The average molecular weight is 395 g/mol. The number of hydrogen-bond acceptors (Lipinski definition) is 0. The molecule has 0 aromatic carbocycles. The Morgan fingerprint density at radius 1 is 1.00 bits per heavy atom. The first kappa shape index (κ1) is 31.0. The van der Waals surface area contributed by atoms with Crippen molar-refractivity contribution in [1.82, 2.24) is 0 Å². The van der Waals surface area contributed by atoms with Crippen molar-refractivity contribution < 1.29 is 53.0 Å². The van der Waals surface area contributed by atoms with Gasteiger partial charge < -0.3 is 0 Å². The van der Waals surface area contributed by atoms with E-state index in [4.69, 9.17) is 0 Å². The molecule has 0 aliphatic carbocycles. The summed E-state index contributed by atoms with van der Waals surface area (Å²) in [6, 6.07) is 0. The molecule has 4 heavy (non-hydrogen) atoms. The molecular formula is CuNiPbZn. The van der Waals surface area contributed by atoms with Gasteiger partial charge in [0, 0.05) is 80.3 Å². The third-order valence-corrected chi connectivity index (χ3v) is 0. The zero-order valence-electron chi connectivity index (χ0n) is 1.82. The molecular weight excluding hydrogens is 395 g/mol. The summed E-state index contributed by atoms with van der Waals surface area (Å²) in [5, 5.41) is 0. The van der Waals surface area contributed by atoms with E-state index < -0.39 is 0 Å². The second kappa shape index (κ2) is 17.6. The first-order chi connectivity index (χ1) is 0. The molecule has 0 aliphatic rings. The van der Waals surface area contributed by atoms with Gasteiger partial charge in [0.05, 0.1) is 0 Å². The summed E-state index contributed by atoms with van der Waals surface area (Å²) in [6.45, 7) is 0. The summed E-state index contributed by atoms with van der Waals surface area (Å²) in [4.78, 5) is 0. The van der Waals surface area contributed by atoms with Crippen molar-refractivity contribution in [3.05, 3.63) is 0 Å². The minimum absolute atomic E-state index is 0. The fourth-order valence-electron chi connectivity index (χ4n) is 0. The van der Waals surface area contributed by atoms with Crippen molar-refractivity contribution >= 4 is 27.3 Å². The third-order valence-electron chi connectivity index (χ3n) is 0. The van der Waals surface area contributed by atoms with E-state index in [1.165, 1.54) is 0 Å². The predicted octanol–water partition coefficient (Wildman–Crippen LogP) is -0.388. The van der Waals surface area contributed by atoms with Gasteiger partial charge in [0.1, 0.15) is 0 Å². The van der Waals surface area contributed by atoms with E-state index in [1.807, 2.05) is 0 Å². The van der Waals surface area contributed by atoms with Crippen LogP contribution in [-0.2, 0) is 53.0 Å². The number of hydrogen-bond donors (Lipinski definition) is 0. The van der Waals surface area contributed by atoms with E-state index >= 15 is 0 Å². The maximum absolute atomic E-state index is 0. The summed E-state index contributed by atoms with van der Waals surface area (Å²) in [6.07, 6.45) is 0. The first-order valence-electron chi connectivity index (χ1n) is 0. The molecule has 0 aliphatic heterocycles. The topological polar surface area (TPSA) is 0 Å². The average Bonchev–Trinajstić information content (AvgIpc) is 0. The van der Waals surface area contributed by atoms with E-state index in [2.05, 4.69) is 0 Å². The smallest absolute Gasteiger partial charge is 0 e. The van der Waals surface area contributed by atoms with Gasteiger partial charge in [-0.3, -0.25) is 0 Å². The largest absolute Gasteiger partial charge is 0 e. The minimum Gasteiger partial charge on any atom is 0 e. The summed E-state index contributed by atoms with van der Waals surface area (Å²) in [5.74, 6) is 0. The van der Waals surface area contributed by atoms with Gasteiger partial charge in [-0.05, 0) is 0 Å². The van der Waals surface area contributed by atoms with Crippen molar-refractivity contribution in [3.8, 4) is 0 Å². The molecule has 0 spiro atoms. The molecule has 0 fully saturated rings. The Morgan fingerprint density at radius 2 is 1.00 bits per heavy atom. The van der Waals surface area contributed by atoms with E-state index in [1.54, 1.807) is 0 Å². The quantitative estimate of drug-likeness (QED) is 0.491. The first-order valence-corrected chi connectivity index (χ1v) is 0. The molecule has 0 aromatic rings. The second-order valence-electron chi connectivity index (χ2n) is 0. The molecule has 0 heterocycles. The minimum atomic E-state index is 0. The fraction of sp³-hybridized carbons (Fsp3) is 0. The zero-order chi connectivity index (χ0) is 0. The van der Waals surface area contributed by atoms with Crippen molar-refractivity contribution in [2.24, 2.45) is 0 Å². The van der Waals surface area contributed by atoms with Crippen molar-refractivity contribution in [3.63, 3.8) is 0 Å². The fourth-order valence-corrected chi connectivity index (χ4v) is 0. The van der Waals surface area contributed by atoms with E-state index in [9.17, 15) is 0 Å². The van der Waals surface area contributed by atoms with Crippen LogP contribution in [0.3, 0.4) is 0 Å². The van der Waals surface area contributed by atoms with Crippen LogP contribution in [0.15, 0.2) is 0 Å². The van der Waals surface area contributed by atoms with Gasteiger partial charge in [0.25, 0.3) is 0 Å². The van der Waals surface area contributed by atoms with Gasteiger partial charge in [-0.2, -0.15) is 0 Å². The van der Waals surface area contributed by atoms with Gasteiger partial charge in [0.2, 0.25) is 0 Å². The van der Waals surface area contributed by atoms with Gasteiger partial charge in [0.15, 0.2) is 0 Å². The molecule has 0 unspecified atom stereocenters. The Morgan fingerprint density at radius 3 is 1.00 bits per heavy atom. The Bertz CT molecular complexity index is 8.00. The van der Waals surface area contributed by atoms with Crippen LogP contribution in [0, 0.1) is 0 Å². The maximum atomic E-state index is 0. The Kier molecular flexibility index (Phi) is 137. The molecule has 0 bridgehead atoms. The van der Waals surface area contributed by atoms with Gasteiger partial charge >= 0.3 is 0 Å². The number of rotatable bonds is 0. The summed E-state index contributed by atoms with van der Waals surface area (Å²) < 4.78 is 0. The Balaban J connectivity index is 0. The van der Waals surface area contributed by atoms with Crippen LogP contribution in [0.2, 0.25) is 0 Å². The molecule has 0 N–H and O–H groups in total. The van der Waals surface area contributed by atoms with Crippen LogP contribution in [0.1, 0.15) is 0 Å². The molecule has 5 radical (unpaired) electrons. The second-order valence-corrected chi connectivity index (χ2v) is 0. The molecule has 0 saturated heterocycles. The van der Waals surface area contributed by atoms with Crippen LogP contribution in [0.25, 0.3) is 0 Å². The SMILES string of the molecule is [Cu].[Ni].[Pb].[Zn]. The summed E-state index contributed by atoms with van der Waals surface area (Å²) >= 11 is 0. The standard InChI is InChI=1S/Cu.Ni.Pb.Zn. The molecule has 27 valence electrons. The summed E-state index contributed by atoms with van der Waals surface area (Å²) in [7, 11) is 0.